The van der Waals surface area contributed by atoms with Gasteiger partial charge in [-0.15, -0.1) is 0 Å². The van der Waals surface area contributed by atoms with Crippen LogP contribution >= 0.6 is 0 Å². The van der Waals surface area contributed by atoms with Crippen molar-refractivity contribution in [1.29, 1.82) is 0 Å². The Kier molecular flexibility index (Phi) is 11.6. The summed E-state index contributed by atoms with van der Waals surface area (Å²) in [7, 11) is -4.65. The van der Waals surface area contributed by atoms with Crippen LogP contribution in [-0.4, -0.2) is 53.9 Å². The Balaban J connectivity index is 2.03. The monoisotopic (exact) mass is 613 g/mol. The van der Waals surface area contributed by atoms with E-state index in [9.17, 15) is 5.53 Å². The van der Waals surface area contributed by atoms with Crippen molar-refractivity contribution in [2.75, 3.05) is 6.61 Å². The highest BCUT2D eigenvalue weighted by molar-refractivity contribution is 6.74. The van der Waals surface area contributed by atoms with Crippen molar-refractivity contribution >= 4 is 16.6 Å². The van der Waals surface area contributed by atoms with Crippen molar-refractivity contribution in [1.82, 2.24) is 0 Å². The van der Waals surface area contributed by atoms with E-state index >= 15 is 0 Å². The molecule has 1 fully saturated rings. The lowest BCUT2D eigenvalue weighted by Gasteiger charge is -2.51. The van der Waals surface area contributed by atoms with Crippen molar-refractivity contribution in [3.8, 4) is 0 Å². The third-order valence-corrected chi connectivity index (χ3v) is 17.8. The Morgan fingerprint density at radius 3 is 1.76 bits per heavy atom. The van der Waals surface area contributed by atoms with Crippen molar-refractivity contribution in [2.24, 2.45) is 5.11 Å². The van der Waals surface area contributed by atoms with Crippen LogP contribution in [0.15, 0.2) is 65.8 Å². The van der Waals surface area contributed by atoms with Gasteiger partial charge in [0.15, 0.2) is 22.9 Å². The molecule has 0 N–H and O–H groups in total. The molecular weight excluding hydrogens is 563 g/mol. The van der Waals surface area contributed by atoms with Crippen LogP contribution in [0.25, 0.3) is 10.4 Å². The summed E-state index contributed by atoms with van der Waals surface area (Å²) in [5.41, 5.74) is 11.8. The van der Waals surface area contributed by atoms with Gasteiger partial charge in [0.25, 0.3) is 0 Å². The van der Waals surface area contributed by atoms with E-state index < -0.39 is 47.3 Å². The van der Waals surface area contributed by atoms with Gasteiger partial charge in [-0.1, -0.05) is 107 Å². The summed E-state index contributed by atoms with van der Waals surface area (Å²) in [4.78, 5) is 3.24. The largest absolute Gasteiger partial charge is 0.409 e. The molecule has 0 saturated carbocycles. The standard InChI is InChI=1S/C32H51N3O5Si2/c1-31(2,3)41(7,8)39-28-26(23-36-21-24-17-13-11-14-18-24)38-30(40-42(9,10)32(4,5)6)27(34-35-33)29(28)37-22-25-19-15-12-16-20-25/h11-20,26-30H,21-23H2,1-10H3/t26-,27-,28-,29-,30+/m1/s1. The quantitative estimate of drug-likeness (QED) is 0.103. The van der Waals surface area contributed by atoms with E-state index in [-0.39, 0.29) is 16.7 Å². The first-order valence-corrected chi connectivity index (χ1v) is 20.7. The predicted octanol–water partition coefficient (Wildman–Crippen LogP) is 8.60. The SMILES string of the molecule is CC(C)(C)[Si](C)(C)O[C@@H]1O[C@H](COCc2ccccc2)[C@@H](O[Si](C)(C)C(C)(C)C)[C@H](OCc2ccccc2)[C@H]1N=[N+]=[N-]. The molecule has 3 rings (SSSR count). The summed E-state index contributed by atoms with van der Waals surface area (Å²) in [6.45, 7) is 23.0. The van der Waals surface area contributed by atoms with E-state index in [1.165, 1.54) is 0 Å². The summed E-state index contributed by atoms with van der Waals surface area (Å²) in [5.74, 6) is 0. The molecule has 0 aromatic heterocycles. The van der Waals surface area contributed by atoms with Crippen LogP contribution in [0, 0.1) is 0 Å². The number of hydrogen-bond donors (Lipinski definition) is 0. The lowest BCUT2D eigenvalue weighted by atomic mass is 9.97. The minimum Gasteiger partial charge on any atom is -0.409 e. The minimum absolute atomic E-state index is 0.0606. The van der Waals surface area contributed by atoms with E-state index in [4.69, 9.17) is 23.1 Å². The van der Waals surface area contributed by atoms with Crippen molar-refractivity contribution in [3.05, 3.63) is 82.2 Å². The summed E-state index contributed by atoms with van der Waals surface area (Å²) in [6, 6.07) is 19.3. The normalized spacial score (nSPS) is 23.8. The van der Waals surface area contributed by atoms with E-state index in [1.807, 2.05) is 60.7 Å². The zero-order chi connectivity index (χ0) is 31.2. The molecule has 1 heterocycles. The Hall–Kier alpha value is -2.02. The van der Waals surface area contributed by atoms with E-state index in [2.05, 4.69) is 77.8 Å². The van der Waals surface area contributed by atoms with Crippen LogP contribution in [0.3, 0.4) is 0 Å². The van der Waals surface area contributed by atoms with Gasteiger partial charge < -0.3 is 23.1 Å². The third-order valence-electron chi connectivity index (χ3n) is 8.93. The van der Waals surface area contributed by atoms with Crippen LogP contribution in [0.1, 0.15) is 52.7 Å². The maximum Gasteiger partial charge on any atom is 0.195 e. The minimum atomic E-state index is -2.33. The maximum atomic E-state index is 9.73. The first-order chi connectivity index (χ1) is 19.6. The second kappa shape index (κ2) is 14.2. The zero-order valence-corrected chi connectivity index (χ0v) is 29.2. The van der Waals surface area contributed by atoms with Gasteiger partial charge in [-0.05, 0) is 52.9 Å². The molecule has 0 aliphatic carbocycles. The number of azide groups is 1. The zero-order valence-electron chi connectivity index (χ0n) is 27.2. The van der Waals surface area contributed by atoms with Gasteiger partial charge >= 0.3 is 0 Å². The lowest BCUT2D eigenvalue weighted by molar-refractivity contribution is -0.253. The van der Waals surface area contributed by atoms with Crippen LogP contribution < -0.4 is 0 Å². The third kappa shape index (κ3) is 9.00. The summed E-state index contributed by atoms with van der Waals surface area (Å²) < 4.78 is 33.5. The molecule has 2 aromatic rings. The van der Waals surface area contributed by atoms with Gasteiger partial charge in [0.2, 0.25) is 0 Å². The number of benzene rings is 2. The Morgan fingerprint density at radius 1 is 0.762 bits per heavy atom. The number of hydrogen-bond acceptors (Lipinski definition) is 6. The van der Waals surface area contributed by atoms with Crippen LogP contribution in [0.2, 0.25) is 36.3 Å². The molecule has 1 aliphatic rings. The van der Waals surface area contributed by atoms with Crippen LogP contribution in [-0.2, 0) is 36.3 Å². The fourth-order valence-electron chi connectivity index (χ4n) is 4.26. The first kappa shape index (κ1) is 34.5. The second-order valence-electron chi connectivity index (χ2n) is 14.2. The molecule has 0 amide bonds. The molecule has 1 saturated heterocycles. The molecule has 1 aliphatic heterocycles. The van der Waals surface area contributed by atoms with E-state index in [0.717, 1.165) is 11.1 Å². The Morgan fingerprint density at radius 2 is 1.26 bits per heavy atom. The van der Waals surface area contributed by atoms with Gasteiger partial charge in [-0.25, -0.2) is 0 Å². The number of nitrogens with zero attached hydrogens (tertiary/aromatic N) is 3. The molecule has 2 aromatic carbocycles. The molecular formula is C32H51N3O5Si2. The molecule has 0 bridgehead atoms. The van der Waals surface area contributed by atoms with Crippen molar-refractivity contribution in [2.45, 2.75) is 122 Å². The Labute approximate surface area is 254 Å². The molecule has 8 nitrogen and oxygen atoms in total. The fraction of sp³-hybridized carbons (Fsp3) is 0.625. The highest BCUT2D eigenvalue weighted by Gasteiger charge is 2.53. The highest BCUT2D eigenvalue weighted by Crippen LogP contribution is 2.43. The molecule has 0 radical (unpaired) electrons. The molecule has 10 heteroatoms. The van der Waals surface area contributed by atoms with Gasteiger partial charge in [0.1, 0.15) is 18.2 Å². The lowest BCUT2D eigenvalue weighted by Crippen LogP contribution is -2.64. The summed E-state index contributed by atoms with van der Waals surface area (Å²) in [6.07, 6.45) is -2.43. The van der Waals surface area contributed by atoms with E-state index in [0.29, 0.717) is 13.2 Å². The van der Waals surface area contributed by atoms with E-state index in [1.54, 1.807) is 0 Å². The topological polar surface area (TPSA) is 94.9 Å². The fourth-order valence-corrected chi connectivity index (χ4v) is 6.71. The van der Waals surface area contributed by atoms with Gasteiger partial charge in [-0.3, -0.25) is 0 Å². The first-order valence-electron chi connectivity index (χ1n) is 14.9. The molecule has 42 heavy (non-hydrogen) atoms. The molecule has 0 spiro atoms. The van der Waals surface area contributed by atoms with Crippen molar-refractivity contribution < 1.29 is 23.1 Å². The average molecular weight is 614 g/mol. The average Bonchev–Trinajstić information content (AvgIpc) is 2.90. The van der Waals surface area contributed by atoms with Crippen molar-refractivity contribution in [3.63, 3.8) is 0 Å². The predicted molar refractivity (Wildman–Crippen MR) is 173 cm³/mol. The molecule has 0 unspecified atom stereocenters. The van der Waals surface area contributed by atoms with Gasteiger partial charge in [0, 0.05) is 4.91 Å². The van der Waals surface area contributed by atoms with Crippen LogP contribution in [0.5, 0.6) is 0 Å². The number of ether oxygens (including phenoxy) is 3. The number of rotatable bonds is 12. The smallest absolute Gasteiger partial charge is 0.195 e. The molecule has 232 valence electrons. The summed E-state index contributed by atoms with van der Waals surface area (Å²) >= 11 is 0. The maximum absolute atomic E-state index is 9.73. The second-order valence-corrected chi connectivity index (χ2v) is 23.7. The highest BCUT2D eigenvalue weighted by atomic mass is 28.4. The molecule has 5 atom stereocenters. The van der Waals surface area contributed by atoms with Gasteiger partial charge in [-0.2, -0.15) is 0 Å². The van der Waals surface area contributed by atoms with Crippen LogP contribution in [0.4, 0.5) is 0 Å². The summed E-state index contributed by atoms with van der Waals surface area (Å²) in [5, 5.41) is 4.11. The van der Waals surface area contributed by atoms with Gasteiger partial charge in [0.05, 0.1) is 25.9 Å². The Bertz CT molecular complexity index is 1160.